The summed E-state index contributed by atoms with van der Waals surface area (Å²) < 4.78 is 16.9. The van der Waals surface area contributed by atoms with E-state index in [1.54, 1.807) is 19.6 Å². The summed E-state index contributed by atoms with van der Waals surface area (Å²) in [7, 11) is 1.61. The molecule has 0 N–H and O–H groups in total. The Morgan fingerprint density at radius 1 is 0.974 bits per heavy atom. The molecule has 10 heteroatoms. The zero-order valence-corrected chi connectivity index (χ0v) is 21.7. The van der Waals surface area contributed by atoms with Crippen molar-refractivity contribution in [3.8, 4) is 17.9 Å². The van der Waals surface area contributed by atoms with Crippen LogP contribution in [-0.2, 0) is 13.1 Å². The minimum Gasteiger partial charge on any atom is -0.496 e. The lowest BCUT2D eigenvalue weighted by molar-refractivity contribution is 0.0471. The maximum absolute atomic E-state index is 11.0. The van der Waals surface area contributed by atoms with E-state index in [-0.39, 0.29) is 0 Å². The molecule has 0 amide bonds. The highest BCUT2D eigenvalue weighted by Gasteiger charge is 2.68. The first kappa shape index (κ1) is 24.4. The number of methoxy groups -OCH3 is 1. The Labute approximate surface area is 226 Å². The molecule has 0 unspecified atom stereocenters. The summed E-state index contributed by atoms with van der Waals surface area (Å²) >= 11 is 6.15. The molecule has 1 aromatic carbocycles. The monoisotopic (exact) mass is 526 g/mol. The summed E-state index contributed by atoms with van der Waals surface area (Å²) in [6, 6.07) is 20.4. The normalized spacial score (nSPS) is 27.2. The fourth-order valence-electron chi connectivity index (χ4n) is 6.29. The molecular formula is C28H26N6O3S. The molecule has 3 aliphatic rings. The van der Waals surface area contributed by atoms with Gasteiger partial charge in [-0.1, -0.05) is 30.4 Å². The molecule has 3 aromatic rings. The van der Waals surface area contributed by atoms with Gasteiger partial charge in [0.15, 0.2) is 0 Å². The third-order valence-electron chi connectivity index (χ3n) is 7.74. The third kappa shape index (κ3) is 3.64. The van der Waals surface area contributed by atoms with Crippen LogP contribution in [0.1, 0.15) is 23.0 Å². The minimum absolute atomic E-state index is 0.344. The summed E-state index contributed by atoms with van der Waals surface area (Å²) in [5.41, 5.74) is -1.54. The quantitative estimate of drug-likeness (QED) is 0.441. The maximum atomic E-state index is 11.0. The van der Waals surface area contributed by atoms with E-state index in [1.165, 1.54) is 0 Å². The van der Waals surface area contributed by atoms with Gasteiger partial charge in [-0.15, -0.1) is 0 Å². The summed E-state index contributed by atoms with van der Waals surface area (Å²) in [6.45, 7) is 2.52. The first-order chi connectivity index (χ1) is 18.5. The fraction of sp³-hybridized carbons (Fsp3) is 0.357. The molecule has 2 bridgehead atoms. The molecular weight excluding hydrogens is 500 g/mol. The molecule has 38 heavy (non-hydrogen) atoms. The van der Waals surface area contributed by atoms with E-state index in [4.69, 9.17) is 30.8 Å². The standard InChI is InChI=1S/C28H26N6O3S/c1-35-23-9-3-2-8-22(23)24-27(14-29)16-32(12-20-6-4-10-36-20)17-28(24,15-30)26(38)34-19-33(18-31-25(27)34)13-21-7-5-11-37-21/h2-11,24H,12-13,16-19H2,1H3/t24-,27+,28-/m0/s1. The summed E-state index contributed by atoms with van der Waals surface area (Å²) in [5.74, 6) is 2.24. The van der Waals surface area contributed by atoms with Crippen molar-refractivity contribution in [2.24, 2.45) is 15.8 Å². The Kier molecular flexibility index (Phi) is 6.04. The summed E-state index contributed by atoms with van der Waals surface area (Å²) in [6.07, 6.45) is 3.27. The van der Waals surface area contributed by atoms with E-state index in [0.717, 1.165) is 17.1 Å². The topological polar surface area (TPSA) is 105 Å². The fourth-order valence-corrected chi connectivity index (χ4v) is 6.67. The molecule has 5 heterocycles. The Morgan fingerprint density at radius 2 is 1.63 bits per heavy atom. The molecule has 9 nitrogen and oxygen atoms in total. The predicted octanol–water partition coefficient (Wildman–Crippen LogP) is 3.97. The Balaban J connectivity index is 1.50. The number of furan rings is 2. The predicted molar refractivity (Wildman–Crippen MR) is 142 cm³/mol. The zero-order chi connectivity index (χ0) is 26.3. The van der Waals surface area contributed by atoms with Gasteiger partial charge in [0, 0.05) is 24.6 Å². The van der Waals surface area contributed by atoms with Crippen LogP contribution in [-0.4, -0.2) is 59.1 Å². The highest BCUT2D eigenvalue weighted by molar-refractivity contribution is 7.80. The molecule has 192 valence electrons. The van der Waals surface area contributed by atoms with Crippen molar-refractivity contribution in [1.82, 2.24) is 14.7 Å². The number of rotatable bonds is 6. The van der Waals surface area contributed by atoms with Crippen molar-refractivity contribution < 1.29 is 13.6 Å². The molecule has 0 spiro atoms. The lowest BCUT2D eigenvalue weighted by Gasteiger charge is -2.60. The number of likely N-dealkylation sites (tertiary alicyclic amines) is 1. The average Bonchev–Trinajstić information content (AvgIpc) is 3.66. The largest absolute Gasteiger partial charge is 0.496 e. The molecule has 6 rings (SSSR count). The van der Waals surface area contributed by atoms with Crippen LogP contribution in [0.3, 0.4) is 0 Å². The maximum Gasteiger partial charge on any atom is 0.136 e. The number of nitrogens with zero attached hydrogens (tertiary/aromatic N) is 6. The van der Waals surface area contributed by atoms with Crippen LogP contribution in [0.5, 0.6) is 5.75 Å². The van der Waals surface area contributed by atoms with Gasteiger partial charge in [-0.2, -0.15) is 10.5 Å². The van der Waals surface area contributed by atoms with Gasteiger partial charge < -0.3 is 18.5 Å². The lowest BCUT2D eigenvalue weighted by atomic mass is 9.53. The molecule has 0 saturated carbocycles. The van der Waals surface area contributed by atoms with Crippen LogP contribution in [0.15, 0.2) is 74.9 Å². The van der Waals surface area contributed by atoms with Crippen LogP contribution >= 0.6 is 12.2 Å². The molecule has 2 fully saturated rings. The molecule has 2 aromatic heterocycles. The Hall–Kier alpha value is -3.96. The molecule has 2 saturated heterocycles. The number of benzene rings is 1. The van der Waals surface area contributed by atoms with Gasteiger partial charge in [-0.3, -0.25) is 14.8 Å². The van der Waals surface area contributed by atoms with Gasteiger partial charge in [-0.25, -0.2) is 0 Å². The third-order valence-corrected chi connectivity index (χ3v) is 8.33. The van der Waals surface area contributed by atoms with Crippen LogP contribution < -0.4 is 4.74 Å². The number of nitriles is 2. The van der Waals surface area contributed by atoms with Gasteiger partial charge in [0.2, 0.25) is 0 Å². The number of piperidine rings is 2. The van der Waals surface area contributed by atoms with E-state index in [2.05, 4.69) is 21.9 Å². The van der Waals surface area contributed by atoms with Crippen molar-refractivity contribution in [2.75, 3.05) is 33.5 Å². The first-order valence-electron chi connectivity index (χ1n) is 12.4. The highest BCUT2D eigenvalue weighted by Crippen LogP contribution is 2.59. The Bertz CT molecular complexity index is 1460. The smallest absolute Gasteiger partial charge is 0.136 e. The lowest BCUT2D eigenvalue weighted by Crippen LogP contribution is -2.73. The number of ether oxygens (including phenoxy) is 1. The van der Waals surface area contributed by atoms with Crippen LogP contribution in [0.25, 0.3) is 0 Å². The SMILES string of the molecule is COc1ccccc1[C@H]1[C@@]2(C#N)CN(Cc3ccco3)C[C@]1(C#N)C(=S)N1CN(Cc3ccco3)CN=C12. The van der Waals surface area contributed by atoms with Crippen molar-refractivity contribution in [2.45, 2.75) is 19.0 Å². The minimum atomic E-state index is -1.18. The van der Waals surface area contributed by atoms with E-state index in [9.17, 15) is 10.5 Å². The number of hydrogen-bond donors (Lipinski definition) is 0. The second kappa shape index (κ2) is 9.41. The van der Waals surface area contributed by atoms with Gasteiger partial charge >= 0.3 is 0 Å². The average molecular weight is 527 g/mol. The second-order valence-electron chi connectivity index (χ2n) is 9.97. The first-order valence-corrected chi connectivity index (χ1v) is 12.8. The van der Waals surface area contributed by atoms with E-state index in [1.807, 2.05) is 53.4 Å². The number of aliphatic imine (C=N–C) groups is 1. The van der Waals surface area contributed by atoms with Crippen molar-refractivity contribution in [1.29, 1.82) is 10.5 Å². The van der Waals surface area contributed by atoms with Crippen molar-refractivity contribution in [3.05, 3.63) is 78.1 Å². The van der Waals surface area contributed by atoms with E-state index < -0.39 is 16.7 Å². The van der Waals surface area contributed by atoms with Gasteiger partial charge in [-0.05, 0) is 30.3 Å². The van der Waals surface area contributed by atoms with Crippen LogP contribution in [0, 0.1) is 33.5 Å². The van der Waals surface area contributed by atoms with Gasteiger partial charge in [0.05, 0.1) is 58.2 Å². The van der Waals surface area contributed by atoms with Gasteiger partial charge in [0.1, 0.15) is 38.9 Å². The summed E-state index contributed by atoms with van der Waals surface area (Å²) in [5, 5.41) is 22.0. The summed E-state index contributed by atoms with van der Waals surface area (Å²) in [4.78, 5) is 11.5. The zero-order valence-electron chi connectivity index (χ0n) is 20.9. The highest BCUT2D eigenvalue weighted by atomic mass is 32.1. The Morgan fingerprint density at radius 3 is 2.26 bits per heavy atom. The molecule has 3 aliphatic heterocycles. The van der Waals surface area contributed by atoms with Crippen LogP contribution in [0.4, 0.5) is 0 Å². The van der Waals surface area contributed by atoms with E-state index in [0.29, 0.717) is 56.1 Å². The molecule has 0 radical (unpaired) electrons. The number of thiocarbonyl (C=S) groups is 1. The number of para-hydroxylation sites is 1. The molecule has 3 atom stereocenters. The number of hydrogen-bond acceptors (Lipinski definition) is 9. The van der Waals surface area contributed by atoms with E-state index >= 15 is 0 Å². The number of amidine groups is 1. The van der Waals surface area contributed by atoms with Crippen molar-refractivity contribution in [3.63, 3.8) is 0 Å². The molecule has 0 aliphatic carbocycles. The van der Waals surface area contributed by atoms with Gasteiger partial charge in [0.25, 0.3) is 0 Å². The van der Waals surface area contributed by atoms with Crippen molar-refractivity contribution >= 4 is 23.0 Å². The second-order valence-corrected chi connectivity index (χ2v) is 10.4. The number of fused-ring (bicyclic) bond motifs is 4. The van der Waals surface area contributed by atoms with Crippen LogP contribution in [0.2, 0.25) is 0 Å².